The number of hydrogen-bond acceptors (Lipinski definition) is 2. The van der Waals surface area contributed by atoms with Crippen LogP contribution in [-0.2, 0) is 13.1 Å². The fourth-order valence-electron chi connectivity index (χ4n) is 1.96. The lowest BCUT2D eigenvalue weighted by molar-refractivity contribution is 0.240. The Morgan fingerprint density at radius 3 is 2.30 bits per heavy atom. The van der Waals surface area contributed by atoms with E-state index in [-0.39, 0.29) is 18.3 Å². The summed E-state index contributed by atoms with van der Waals surface area (Å²) in [6.45, 7) is 2.82. The van der Waals surface area contributed by atoms with Crippen LogP contribution in [0.1, 0.15) is 18.1 Å². The van der Waals surface area contributed by atoms with Gasteiger partial charge in [0.25, 0.3) is 0 Å². The van der Waals surface area contributed by atoms with Crippen LogP contribution >= 0.6 is 11.6 Å². The van der Waals surface area contributed by atoms with Gasteiger partial charge in [0.05, 0.1) is 6.61 Å². The molecule has 122 valence electrons. The fourth-order valence-corrected chi connectivity index (χ4v) is 2.08. The van der Waals surface area contributed by atoms with E-state index in [1.807, 2.05) is 12.1 Å². The Kier molecular flexibility index (Phi) is 6.23. The van der Waals surface area contributed by atoms with Crippen LogP contribution in [0.2, 0.25) is 5.02 Å². The van der Waals surface area contributed by atoms with E-state index >= 15 is 0 Å². The molecule has 0 bridgehead atoms. The van der Waals surface area contributed by atoms with Gasteiger partial charge in [-0.05, 0) is 42.3 Å². The Labute approximate surface area is 139 Å². The van der Waals surface area contributed by atoms with Crippen molar-refractivity contribution in [3.05, 3.63) is 64.4 Å². The molecule has 0 aliphatic heterocycles. The third kappa shape index (κ3) is 5.45. The monoisotopic (exact) mass is 336 g/mol. The van der Waals surface area contributed by atoms with Crippen molar-refractivity contribution in [2.45, 2.75) is 20.0 Å². The van der Waals surface area contributed by atoms with Crippen LogP contribution in [0.5, 0.6) is 5.75 Å². The Hall–Kier alpha value is -2.27. The topological polar surface area (TPSA) is 50.4 Å². The largest absolute Gasteiger partial charge is 0.491 e. The summed E-state index contributed by atoms with van der Waals surface area (Å²) in [5.74, 6) is -0.226. The second kappa shape index (κ2) is 8.39. The molecule has 4 nitrogen and oxygen atoms in total. The smallest absolute Gasteiger partial charge is 0.315 e. The number of carbonyl (C=O) groups excluding carboxylic acids is 1. The quantitative estimate of drug-likeness (QED) is 0.841. The molecule has 2 aromatic rings. The Balaban J connectivity index is 1.80. The first kappa shape index (κ1) is 17.1. The molecule has 23 heavy (non-hydrogen) atoms. The average Bonchev–Trinajstić information content (AvgIpc) is 2.55. The number of benzene rings is 2. The molecule has 0 spiro atoms. The molecular formula is C17H18ClFN2O2. The molecular weight excluding hydrogens is 319 g/mol. The van der Waals surface area contributed by atoms with Gasteiger partial charge in [-0.1, -0.05) is 29.8 Å². The number of amides is 2. The lowest BCUT2D eigenvalue weighted by Crippen LogP contribution is -2.34. The van der Waals surface area contributed by atoms with E-state index in [1.54, 1.807) is 31.2 Å². The van der Waals surface area contributed by atoms with Crippen molar-refractivity contribution in [1.29, 1.82) is 0 Å². The van der Waals surface area contributed by atoms with Gasteiger partial charge >= 0.3 is 6.03 Å². The van der Waals surface area contributed by atoms with Gasteiger partial charge in [0.15, 0.2) is 11.6 Å². The first-order valence-corrected chi connectivity index (χ1v) is 7.63. The predicted molar refractivity (Wildman–Crippen MR) is 88.1 cm³/mol. The van der Waals surface area contributed by atoms with Crippen molar-refractivity contribution in [1.82, 2.24) is 10.6 Å². The van der Waals surface area contributed by atoms with Crippen molar-refractivity contribution in [3.8, 4) is 5.75 Å². The van der Waals surface area contributed by atoms with Crippen LogP contribution in [0.3, 0.4) is 0 Å². The van der Waals surface area contributed by atoms with Gasteiger partial charge in [0.2, 0.25) is 0 Å². The van der Waals surface area contributed by atoms with Crippen molar-refractivity contribution < 1.29 is 13.9 Å². The number of rotatable bonds is 6. The van der Waals surface area contributed by atoms with E-state index in [9.17, 15) is 9.18 Å². The summed E-state index contributed by atoms with van der Waals surface area (Å²) in [4.78, 5) is 11.7. The zero-order valence-electron chi connectivity index (χ0n) is 12.7. The summed E-state index contributed by atoms with van der Waals surface area (Å²) in [6, 6.07) is 11.5. The van der Waals surface area contributed by atoms with E-state index in [4.69, 9.17) is 16.3 Å². The normalized spacial score (nSPS) is 10.2. The highest BCUT2D eigenvalue weighted by Crippen LogP contribution is 2.18. The molecule has 0 aliphatic carbocycles. The molecule has 6 heteroatoms. The van der Waals surface area contributed by atoms with Gasteiger partial charge in [0, 0.05) is 18.1 Å². The summed E-state index contributed by atoms with van der Waals surface area (Å²) >= 11 is 5.80. The van der Waals surface area contributed by atoms with Crippen molar-refractivity contribution in [2.24, 2.45) is 0 Å². The molecule has 0 fully saturated rings. The summed E-state index contributed by atoms with van der Waals surface area (Å²) in [5.41, 5.74) is 1.60. The van der Waals surface area contributed by atoms with Crippen LogP contribution in [-0.4, -0.2) is 12.6 Å². The molecule has 0 radical (unpaired) electrons. The van der Waals surface area contributed by atoms with Gasteiger partial charge in [-0.2, -0.15) is 0 Å². The molecule has 0 saturated carbocycles. The number of nitrogens with one attached hydrogen (secondary N) is 2. The molecule has 2 amide bonds. The maximum atomic E-state index is 13.7. The highest BCUT2D eigenvalue weighted by molar-refractivity contribution is 6.30. The van der Waals surface area contributed by atoms with Crippen LogP contribution in [0, 0.1) is 5.82 Å². The highest BCUT2D eigenvalue weighted by atomic mass is 35.5. The Bertz CT molecular complexity index is 662. The van der Waals surface area contributed by atoms with Crippen molar-refractivity contribution >= 4 is 17.6 Å². The first-order chi connectivity index (χ1) is 11.1. The Morgan fingerprint density at radius 2 is 1.70 bits per heavy atom. The van der Waals surface area contributed by atoms with Crippen molar-refractivity contribution in [2.75, 3.05) is 6.61 Å². The van der Waals surface area contributed by atoms with Crippen LogP contribution < -0.4 is 15.4 Å². The number of ether oxygens (including phenoxy) is 1. The number of hydrogen-bond donors (Lipinski definition) is 2. The SMILES string of the molecule is CCOc1ccc(CNC(=O)NCc2ccc(Cl)cc2)cc1F. The van der Waals surface area contributed by atoms with Gasteiger partial charge in [-0.3, -0.25) is 0 Å². The first-order valence-electron chi connectivity index (χ1n) is 7.26. The van der Waals surface area contributed by atoms with Crippen LogP contribution in [0.15, 0.2) is 42.5 Å². The minimum atomic E-state index is -0.437. The lowest BCUT2D eigenvalue weighted by atomic mass is 10.2. The maximum Gasteiger partial charge on any atom is 0.315 e. The molecule has 0 atom stereocenters. The van der Waals surface area contributed by atoms with E-state index in [0.29, 0.717) is 23.7 Å². The van der Waals surface area contributed by atoms with E-state index in [1.165, 1.54) is 6.07 Å². The molecule has 0 unspecified atom stereocenters. The maximum absolute atomic E-state index is 13.7. The van der Waals surface area contributed by atoms with Crippen LogP contribution in [0.4, 0.5) is 9.18 Å². The molecule has 0 aliphatic rings. The standard InChI is InChI=1S/C17H18ClFN2O2/c1-2-23-16-8-5-13(9-15(16)19)11-21-17(22)20-10-12-3-6-14(18)7-4-12/h3-9H,2,10-11H2,1H3,(H2,20,21,22). The second-order valence-corrected chi connectivity index (χ2v) is 5.30. The number of halogens is 2. The van der Waals surface area contributed by atoms with E-state index in [2.05, 4.69) is 10.6 Å². The summed E-state index contributed by atoms with van der Waals surface area (Å²) in [7, 11) is 0. The highest BCUT2D eigenvalue weighted by Gasteiger charge is 2.06. The molecule has 2 aromatic carbocycles. The predicted octanol–water partition coefficient (Wildman–Crippen LogP) is 3.88. The fraction of sp³-hybridized carbons (Fsp3) is 0.235. The number of urea groups is 1. The third-order valence-electron chi connectivity index (χ3n) is 3.12. The Morgan fingerprint density at radius 1 is 1.09 bits per heavy atom. The zero-order valence-corrected chi connectivity index (χ0v) is 13.5. The summed E-state index contributed by atoms with van der Waals surface area (Å²) in [6.07, 6.45) is 0. The lowest BCUT2D eigenvalue weighted by Gasteiger charge is -2.09. The van der Waals surface area contributed by atoms with Gasteiger partial charge in [0.1, 0.15) is 0 Å². The van der Waals surface area contributed by atoms with E-state index < -0.39 is 5.82 Å². The minimum absolute atomic E-state index is 0.212. The van der Waals surface area contributed by atoms with Gasteiger partial charge < -0.3 is 15.4 Å². The summed E-state index contributed by atoms with van der Waals surface area (Å²) < 4.78 is 18.8. The third-order valence-corrected chi connectivity index (χ3v) is 3.37. The molecule has 2 rings (SSSR count). The molecule has 2 N–H and O–H groups in total. The zero-order chi connectivity index (χ0) is 16.7. The van der Waals surface area contributed by atoms with Crippen molar-refractivity contribution in [3.63, 3.8) is 0 Å². The summed E-state index contributed by atoms with van der Waals surface area (Å²) in [5, 5.41) is 6.05. The van der Waals surface area contributed by atoms with Gasteiger partial charge in [-0.15, -0.1) is 0 Å². The number of carbonyl (C=O) groups is 1. The molecule has 0 saturated heterocycles. The average molecular weight is 337 g/mol. The second-order valence-electron chi connectivity index (χ2n) is 4.86. The van der Waals surface area contributed by atoms with Gasteiger partial charge in [-0.25, -0.2) is 9.18 Å². The van der Waals surface area contributed by atoms with E-state index in [0.717, 1.165) is 5.56 Å². The minimum Gasteiger partial charge on any atom is -0.491 e. The van der Waals surface area contributed by atoms with Crippen LogP contribution in [0.25, 0.3) is 0 Å². The molecule has 0 aromatic heterocycles. The molecule has 0 heterocycles.